The maximum Gasteiger partial charge on any atom is 0.336 e. The number of carbonyl (C=O) groups excluding carboxylic acids is 2. The van der Waals surface area contributed by atoms with Gasteiger partial charge in [-0.25, -0.2) is 4.79 Å². The second-order valence-corrected chi connectivity index (χ2v) is 9.63. The Balaban J connectivity index is 1.80. The highest BCUT2D eigenvalue weighted by molar-refractivity contribution is 6.04. The Morgan fingerprint density at radius 2 is 1.81 bits per heavy atom. The normalized spacial score (nSPS) is 19.7. The highest BCUT2D eigenvalue weighted by Crippen LogP contribution is 2.47. The van der Waals surface area contributed by atoms with Gasteiger partial charge in [0, 0.05) is 29.0 Å². The fourth-order valence-corrected chi connectivity index (χ4v) is 5.09. The summed E-state index contributed by atoms with van der Waals surface area (Å²) in [6.07, 6.45) is 1.71. The number of ether oxygens (including phenoxy) is 3. The van der Waals surface area contributed by atoms with Gasteiger partial charge in [-0.05, 0) is 63.3 Å². The quantitative estimate of drug-likeness (QED) is 0.473. The molecule has 6 heteroatoms. The van der Waals surface area contributed by atoms with Gasteiger partial charge in [0.1, 0.15) is 11.5 Å². The lowest BCUT2D eigenvalue weighted by Gasteiger charge is -2.37. The Morgan fingerprint density at radius 1 is 1.08 bits per heavy atom. The summed E-state index contributed by atoms with van der Waals surface area (Å²) in [4.78, 5) is 27.1. The van der Waals surface area contributed by atoms with Crippen molar-refractivity contribution in [2.45, 2.75) is 64.9 Å². The molecule has 1 aliphatic carbocycles. The van der Waals surface area contributed by atoms with Gasteiger partial charge in [-0.2, -0.15) is 0 Å². The fourth-order valence-electron chi connectivity index (χ4n) is 5.09. The smallest absolute Gasteiger partial charge is 0.336 e. The summed E-state index contributed by atoms with van der Waals surface area (Å²) in [5, 5.41) is 3.41. The highest BCUT2D eigenvalue weighted by Gasteiger charge is 2.42. The van der Waals surface area contributed by atoms with E-state index in [1.165, 1.54) is 0 Å². The summed E-state index contributed by atoms with van der Waals surface area (Å²) in [6, 6.07) is 15.6. The molecule has 6 nitrogen and oxygen atoms in total. The van der Waals surface area contributed by atoms with Gasteiger partial charge >= 0.3 is 5.97 Å². The molecule has 0 unspecified atom stereocenters. The number of esters is 1. The summed E-state index contributed by atoms with van der Waals surface area (Å²) in [7, 11) is 1.64. The van der Waals surface area contributed by atoms with Crippen LogP contribution in [0.5, 0.6) is 11.5 Å². The van der Waals surface area contributed by atoms with Crippen LogP contribution < -0.4 is 14.8 Å². The van der Waals surface area contributed by atoms with Crippen molar-refractivity contribution in [2.24, 2.45) is 0 Å². The van der Waals surface area contributed by atoms with Gasteiger partial charge in [0.25, 0.3) is 0 Å². The molecule has 0 saturated heterocycles. The van der Waals surface area contributed by atoms with Crippen LogP contribution in [0.2, 0.25) is 0 Å². The van der Waals surface area contributed by atoms with E-state index >= 15 is 0 Å². The maximum absolute atomic E-state index is 13.8. The highest BCUT2D eigenvalue weighted by atomic mass is 16.5. The van der Waals surface area contributed by atoms with Crippen molar-refractivity contribution in [3.05, 3.63) is 82.2 Å². The molecule has 0 aromatic heterocycles. The lowest BCUT2D eigenvalue weighted by molar-refractivity contribution is -0.139. The number of hydrogen-bond donors (Lipinski definition) is 1. The van der Waals surface area contributed by atoms with Gasteiger partial charge < -0.3 is 19.5 Å². The average molecular weight is 490 g/mol. The van der Waals surface area contributed by atoms with Crippen molar-refractivity contribution < 1.29 is 23.8 Å². The van der Waals surface area contributed by atoms with E-state index in [9.17, 15) is 9.59 Å². The number of methoxy groups -OCH3 is 1. The topological polar surface area (TPSA) is 73.9 Å². The Bertz CT molecular complexity index is 1190. The number of benzene rings is 2. The van der Waals surface area contributed by atoms with E-state index in [1.54, 1.807) is 7.11 Å². The van der Waals surface area contributed by atoms with E-state index in [0.29, 0.717) is 42.0 Å². The zero-order chi connectivity index (χ0) is 25.8. The second-order valence-electron chi connectivity index (χ2n) is 9.63. The third kappa shape index (κ3) is 5.18. The maximum atomic E-state index is 13.8. The summed E-state index contributed by atoms with van der Waals surface area (Å²) >= 11 is 0. The first-order valence-electron chi connectivity index (χ1n) is 12.6. The number of rotatable bonds is 8. The van der Waals surface area contributed by atoms with Crippen molar-refractivity contribution in [1.82, 2.24) is 5.32 Å². The summed E-state index contributed by atoms with van der Waals surface area (Å²) in [5.74, 6) is 0.575. The predicted octanol–water partition coefficient (Wildman–Crippen LogP) is 5.80. The molecule has 1 heterocycles. The minimum Gasteiger partial charge on any atom is -0.497 e. The number of ketones is 1. The van der Waals surface area contributed by atoms with E-state index in [0.717, 1.165) is 29.0 Å². The minimum atomic E-state index is -0.551. The molecule has 190 valence electrons. The first kappa shape index (κ1) is 25.5. The number of allylic oxidation sites excluding steroid dienone is 3. The van der Waals surface area contributed by atoms with E-state index in [2.05, 4.69) is 5.32 Å². The Morgan fingerprint density at radius 3 is 2.47 bits per heavy atom. The van der Waals surface area contributed by atoms with E-state index < -0.39 is 11.9 Å². The minimum absolute atomic E-state index is 0.0298. The third-order valence-electron chi connectivity index (χ3n) is 6.66. The van der Waals surface area contributed by atoms with Crippen LogP contribution in [0.4, 0.5) is 0 Å². The molecule has 2 aromatic carbocycles. The van der Waals surface area contributed by atoms with Crippen molar-refractivity contribution in [3.8, 4) is 11.5 Å². The SMILES string of the molecule is CCCOC(=O)C1=C(C)NC2=C(C(=O)C[C@H](c3ccc(OC)cc3)C2)[C@H]1c1ccccc1OC(C)C. The first-order chi connectivity index (χ1) is 17.3. The zero-order valence-electron chi connectivity index (χ0n) is 21.7. The predicted molar refractivity (Wildman–Crippen MR) is 139 cm³/mol. The van der Waals surface area contributed by atoms with Gasteiger partial charge in [-0.1, -0.05) is 37.3 Å². The molecule has 0 saturated carbocycles. The van der Waals surface area contributed by atoms with Gasteiger partial charge in [0.2, 0.25) is 0 Å². The molecule has 0 fully saturated rings. The first-order valence-corrected chi connectivity index (χ1v) is 12.6. The molecule has 2 aromatic rings. The molecule has 36 heavy (non-hydrogen) atoms. The van der Waals surface area contributed by atoms with Crippen LogP contribution in [0, 0.1) is 0 Å². The zero-order valence-corrected chi connectivity index (χ0v) is 21.7. The number of hydrogen-bond acceptors (Lipinski definition) is 6. The molecule has 1 aliphatic heterocycles. The van der Waals surface area contributed by atoms with Crippen LogP contribution in [-0.4, -0.2) is 31.6 Å². The Kier molecular flexibility index (Phi) is 7.82. The average Bonchev–Trinajstić information content (AvgIpc) is 2.86. The standard InChI is InChI=1S/C30H35NO5/c1-6-15-35-30(33)27-19(4)31-24-16-21(20-11-13-22(34-5)14-12-20)17-25(32)29(24)28(27)23-9-7-8-10-26(23)36-18(2)3/h7-14,18,21,28,31H,6,15-17H2,1-5H3/t21-,28+/m1/s1. The van der Waals surface area contributed by atoms with Gasteiger partial charge in [-0.15, -0.1) is 0 Å². The molecule has 0 bridgehead atoms. The van der Waals surface area contributed by atoms with Gasteiger partial charge in [0.15, 0.2) is 5.78 Å². The molecule has 0 radical (unpaired) electrons. The van der Waals surface area contributed by atoms with Crippen LogP contribution in [0.15, 0.2) is 71.1 Å². The molecule has 2 atom stereocenters. The third-order valence-corrected chi connectivity index (χ3v) is 6.66. The summed E-state index contributed by atoms with van der Waals surface area (Å²) < 4.78 is 17.0. The largest absolute Gasteiger partial charge is 0.497 e. The lowest BCUT2D eigenvalue weighted by Crippen LogP contribution is -2.36. The molecule has 0 amide bonds. The summed E-state index contributed by atoms with van der Waals surface area (Å²) in [5.41, 5.74) is 4.57. The van der Waals surface area contributed by atoms with Crippen LogP contribution in [-0.2, 0) is 14.3 Å². The van der Waals surface area contributed by atoms with E-state index in [1.807, 2.05) is 76.2 Å². The van der Waals surface area contributed by atoms with Crippen LogP contribution in [0.25, 0.3) is 0 Å². The molecule has 0 spiro atoms. The number of carbonyl (C=O) groups is 2. The summed E-state index contributed by atoms with van der Waals surface area (Å²) in [6.45, 7) is 8.10. The van der Waals surface area contributed by atoms with Crippen molar-refractivity contribution in [2.75, 3.05) is 13.7 Å². The Hall–Kier alpha value is -3.54. The number of nitrogens with one attached hydrogen (secondary N) is 1. The number of dihydropyridines is 1. The van der Waals surface area contributed by atoms with Crippen LogP contribution in [0.3, 0.4) is 0 Å². The van der Waals surface area contributed by atoms with Crippen molar-refractivity contribution in [1.29, 1.82) is 0 Å². The van der Waals surface area contributed by atoms with E-state index in [4.69, 9.17) is 14.2 Å². The molecular formula is C30H35NO5. The molecule has 1 N–H and O–H groups in total. The van der Waals surface area contributed by atoms with Crippen LogP contribution >= 0.6 is 0 Å². The molecule has 4 rings (SSSR count). The second kappa shape index (κ2) is 11.0. The molecular weight excluding hydrogens is 454 g/mol. The number of Topliss-reactive ketones (excluding diaryl/α,β-unsaturated/α-hetero) is 1. The van der Waals surface area contributed by atoms with Crippen molar-refractivity contribution in [3.63, 3.8) is 0 Å². The monoisotopic (exact) mass is 489 g/mol. The fraction of sp³-hybridized carbons (Fsp3) is 0.400. The van der Waals surface area contributed by atoms with Gasteiger partial charge in [-0.3, -0.25) is 4.79 Å². The van der Waals surface area contributed by atoms with E-state index in [-0.39, 0.29) is 17.8 Å². The number of para-hydroxylation sites is 1. The van der Waals surface area contributed by atoms with Gasteiger partial charge in [0.05, 0.1) is 31.3 Å². The lowest BCUT2D eigenvalue weighted by atomic mass is 9.71. The Labute approximate surface area is 213 Å². The van der Waals surface area contributed by atoms with Crippen LogP contribution in [0.1, 0.15) is 69.9 Å². The van der Waals surface area contributed by atoms with Crippen molar-refractivity contribution >= 4 is 11.8 Å². The molecule has 2 aliphatic rings.